The third kappa shape index (κ3) is 2.94. The quantitative estimate of drug-likeness (QED) is 0.438. The van der Waals surface area contributed by atoms with Gasteiger partial charge in [0.1, 0.15) is 0 Å². The molecule has 0 aromatic carbocycles. The van der Waals surface area contributed by atoms with Gasteiger partial charge in [0.05, 0.1) is 0 Å². The second-order valence-corrected chi connectivity index (χ2v) is 2.17. The summed E-state index contributed by atoms with van der Waals surface area (Å²) in [7, 11) is 0. The van der Waals surface area contributed by atoms with Gasteiger partial charge in [0, 0.05) is 0 Å². The molecule has 0 spiro atoms. The first kappa shape index (κ1) is 9.08. The number of hydrogen-bond acceptors (Lipinski definition) is 0. The van der Waals surface area contributed by atoms with E-state index in [0.29, 0.717) is 0 Å². The van der Waals surface area contributed by atoms with Gasteiger partial charge in [-0.2, -0.15) is 0 Å². The summed E-state index contributed by atoms with van der Waals surface area (Å²) < 4.78 is 0. The summed E-state index contributed by atoms with van der Waals surface area (Å²) in [6.07, 6.45) is 10.4. The van der Waals surface area contributed by atoms with Crippen molar-refractivity contribution in [1.82, 2.24) is 0 Å². The Kier molecular flexibility index (Phi) is 4.95. The van der Waals surface area contributed by atoms with Gasteiger partial charge < -0.3 is 1.43 Å². The van der Waals surface area contributed by atoms with Crippen LogP contribution in [0.1, 0.15) is 27.6 Å². The first-order valence-corrected chi connectivity index (χ1v) is 3.29. The van der Waals surface area contributed by atoms with E-state index in [0.717, 1.165) is 6.42 Å². The Morgan fingerprint density at radius 3 is 2.89 bits per heavy atom. The van der Waals surface area contributed by atoms with Gasteiger partial charge in [0.25, 0.3) is 0 Å². The smallest absolute Gasteiger partial charge is 1.00 e. The van der Waals surface area contributed by atoms with Gasteiger partial charge in [-0.1, -0.05) is 37.1 Å². The normalized spacial score (nSPS) is 15.0. The third-order valence-corrected chi connectivity index (χ3v) is 1.39. The van der Waals surface area contributed by atoms with E-state index in [1.54, 1.807) is 0 Å². The Labute approximate surface area is 70.7 Å². The molecule has 0 aliphatic heterocycles. The number of allylic oxidation sites excluding steroid dienone is 4. The fourth-order valence-electron chi connectivity index (χ4n) is 0.981. The fourth-order valence-corrected chi connectivity index (χ4v) is 0.981. The van der Waals surface area contributed by atoms with Gasteiger partial charge in [-0.25, -0.2) is 0 Å². The number of hydrogen-bond donors (Lipinski definition) is 0. The molecule has 1 aliphatic carbocycles. The predicted octanol–water partition coefficient (Wildman–Crippen LogP) is -0.211. The van der Waals surface area contributed by atoms with Crippen LogP contribution in [0, 0.1) is 0 Å². The molecule has 0 aromatic heterocycles. The first-order chi connectivity index (χ1) is 3.93. The van der Waals surface area contributed by atoms with Crippen LogP contribution in [0.15, 0.2) is 23.8 Å². The van der Waals surface area contributed by atoms with E-state index in [-0.39, 0.29) is 20.3 Å². The predicted molar refractivity (Wildman–Crippen MR) is 37.9 cm³/mol. The van der Waals surface area contributed by atoms with Gasteiger partial charge >= 0.3 is 18.9 Å². The molecule has 0 amide bonds. The zero-order valence-electron chi connectivity index (χ0n) is 7.35. The Balaban J connectivity index is 0. The Hall–Kier alpha value is 0.0774. The van der Waals surface area contributed by atoms with E-state index in [2.05, 4.69) is 25.2 Å². The maximum Gasteiger partial charge on any atom is 1.00 e. The van der Waals surface area contributed by atoms with E-state index in [4.69, 9.17) is 0 Å². The molecular formula is C8H13Li. The van der Waals surface area contributed by atoms with Gasteiger partial charge in [-0.05, 0) is 12.8 Å². The largest absolute Gasteiger partial charge is 1.00 e. The van der Waals surface area contributed by atoms with Crippen LogP contribution in [0.2, 0.25) is 0 Å². The van der Waals surface area contributed by atoms with E-state index >= 15 is 0 Å². The molecule has 0 unspecified atom stereocenters. The zero-order valence-corrected chi connectivity index (χ0v) is 6.35. The van der Waals surface area contributed by atoms with Crippen LogP contribution in [0.25, 0.3) is 0 Å². The van der Waals surface area contributed by atoms with Crippen molar-refractivity contribution in [2.24, 2.45) is 0 Å². The molecule has 0 fully saturated rings. The monoisotopic (exact) mass is 116 g/mol. The van der Waals surface area contributed by atoms with Crippen LogP contribution < -0.4 is 18.9 Å². The summed E-state index contributed by atoms with van der Waals surface area (Å²) in [4.78, 5) is 0. The molecule has 46 valence electrons. The minimum atomic E-state index is 0. The van der Waals surface area contributed by atoms with Crippen molar-refractivity contribution >= 4 is 0 Å². The van der Waals surface area contributed by atoms with Crippen molar-refractivity contribution in [3.05, 3.63) is 23.8 Å². The Bertz CT molecular complexity index is 127. The molecule has 0 nitrogen and oxygen atoms in total. The minimum absolute atomic E-state index is 0. The van der Waals surface area contributed by atoms with Crippen molar-refractivity contribution in [1.29, 1.82) is 0 Å². The van der Waals surface area contributed by atoms with Crippen molar-refractivity contribution in [3.63, 3.8) is 0 Å². The van der Waals surface area contributed by atoms with E-state index in [1.807, 2.05) is 0 Å². The molecule has 0 bridgehead atoms. The average Bonchev–Trinajstić information content (AvgIpc) is 2.19. The fraction of sp³-hybridized carbons (Fsp3) is 0.500. The van der Waals surface area contributed by atoms with Gasteiger partial charge in [0.15, 0.2) is 0 Å². The molecule has 0 aromatic rings. The van der Waals surface area contributed by atoms with Crippen LogP contribution in [-0.2, 0) is 0 Å². The second-order valence-electron chi connectivity index (χ2n) is 2.17. The third-order valence-electron chi connectivity index (χ3n) is 1.39. The van der Waals surface area contributed by atoms with Crippen LogP contribution in [-0.4, -0.2) is 0 Å². The van der Waals surface area contributed by atoms with Crippen LogP contribution in [0.3, 0.4) is 0 Å². The molecule has 1 aliphatic rings. The molecule has 0 heterocycles. The van der Waals surface area contributed by atoms with Gasteiger partial charge in [0.2, 0.25) is 0 Å². The van der Waals surface area contributed by atoms with Crippen molar-refractivity contribution in [3.8, 4) is 0 Å². The minimum Gasteiger partial charge on any atom is -1.00 e. The van der Waals surface area contributed by atoms with E-state index in [9.17, 15) is 0 Å². The number of rotatable bonds is 2. The molecule has 1 heteroatoms. The molecule has 0 radical (unpaired) electrons. The molecule has 0 atom stereocenters. The van der Waals surface area contributed by atoms with Crippen molar-refractivity contribution in [2.45, 2.75) is 26.2 Å². The molecule has 1 rings (SSSR count). The molecular weight excluding hydrogens is 103 g/mol. The van der Waals surface area contributed by atoms with Crippen LogP contribution >= 0.6 is 0 Å². The van der Waals surface area contributed by atoms with Gasteiger partial charge in [-0.15, -0.1) is 0 Å². The Morgan fingerprint density at radius 1 is 1.67 bits per heavy atom. The maximum absolute atomic E-state index is 2.30. The molecule has 0 saturated heterocycles. The molecule has 9 heavy (non-hydrogen) atoms. The summed E-state index contributed by atoms with van der Waals surface area (Å²) in [5, 5.41) is 0. The topological polar surface area (TPSA) is 0 Å². The summed E-state index contributed by atoms with van der Waals surface area (Å²) in [5.74, 6) is 0. The summed E-state index contributed by atoms with van der Waals surface area (Å²) in [5.41, 5.74) is 1.52. The summed E-state index contributed by atoms with van der Waals surface area (Å²) in [6, 6.07) is 0. The van der Waals surface area contributed by atoms with Crippen LogP contribution in [0.5, 0.6) is 0 Å². The summed E-state index contributed by atoms with van der Waals surface area (Å²) in [6.45, 7) is 2.22. The van der Waals surface area contributed by atoms with Crippen molar-refractivity contribution < 1.29 is 20.3 Å². The zero-order chi connectivity index (χ0) is 5.82. The standard InChI is InChI=1S/C8H12.Li.H/c1-2-5-8-6-3-4-7-8;;/h3,6-7H,2,4-5H2,1H3;;/q;+1;-1. The Morgan fingerprint density at radius 2 is 2.44 bits per heavy atom. The SMILES string of the molecule is CCCC1=CCC=C1.[H-].[Li+]. The molecule has 0 saturated carbocycles. The van der Waals surface area contributed by atoms with E-state index < -0.39 is 0 Å². The van der Waals surface area contributed by atoms with E-state index in [1.165, 1.54) is 18.4 Å². The second kappa shape index (κ2) is 4.91. The maximum atomic E-state index is 2.30. The first-order valence-electron chi connectivity index (χ1n) is 3.29. The average molecular weight is 116 g/mol. The molecule has 0 N–H and O–H groups in total. The summed E-state index contributed by atoms with van der Waals surface area (Å²) >= 11 is 0. The van der Waals surface area contributed by atoms with Crippen molar-refractivity contribution in [2.75, 3.05) is 0 Å². The van der Waals surface area contributed by atoms with Crippen LogP contribution in [0.4, 0.5) is 0 Å². The van der Waals surface area contributed by atoms with Gasteiger partial charge in [-0.3, -0.25) is 0 Å².